The average molecular weight is 336 g/mol. The van der Waals surface area contributed by atoms with E-state index in [4.69, 9.17) is 16.3 Å². The predicted octanol–water partition coefficient (Wildman–Crippen LogP) is 1.27. The second-order valence-corrected chi connectivity index (χ2v) is 8.08. The SMILES string of the molecule is CNC(CC1CCS(=O)(=O)C1)c1c(Cl)cnn1CCOC. The van der Waals surface area contributed by atoms with Crippen LogP contribution in [-0.4, -0.2) is 50.5 Å². The van der Waals surface area contributed by atoms with Crippen LogP contribution >= 0.6 is 11.6 Å². The number of aromatic nitrogens is 2. The van der Waals surface area contributed by atoms with E-state index in [-0.39, 0.29) is 17.7 Å². The summed E-state index contributed by atoms with van der Waals surface area (Å²) in [7, 11) is 0.646. The van der Waals surface area contributed by atoms with Gasteiger partial charge in [0.2, 0.25) is 0 Å². The van der Waals surface area contributed by atoms with E-state index in [0.29, 0.717) is 23.9 Å². The van der Waals surface area contributed by atoms with Gasteiger partial charge < -0.3 is 10.1 Å². The molecule has 6 nitrogen and oxygen atoms in total. The van der Waals surface area contributed by atoms with Crippen LogP contribution in [0.4, 0.5) is 0 Å². The fourth-order valence-corrected chi connectivity index (χ4v) is 4.98. The molecule has 8 heteroatoms. The number of nitrogens with one attached hydrogen (secondary N) is 1. The number of rotatable bonds is 7. The topological polar surface area (TPSA) is 73.2 Å². The first-order chi connectivity index (χ1) is 9.96. The minimum atomic E-state index is -2.86. The highest BCUT2D eigenvalue weighted by atomic mass is 35.5. The normalized spacial score (nSPS) is 22.5. The van der Waals surface area contributed by atoms with Gasteiger partial charge in [-0.15, -0.1) is 0 Å². The molecule has 0 saturated carbocycles. The third-order valence-corrected chi connectivity index (χ3v) is 6.04. The fourth-order valence-electron chi connectivity index (χ4n) is 2.83. The maximum absolute atomic E-state index is 11.6. The molecule has 0 aromatic carbocycles. The quantitative estimate of drug-likeness (QED) is 0.812. The smallest absolute Gasteiger partial charge is 0.150 e. The average Bonchev–Trinajstić information content (AvgIpc) is 2.96. The Morgan fingerprint density at radius 2 is 2.38 bits per heavy atom. The lowest BCUT2D eigenvalue weighted by Gasteiger charge is -2.21. The minimum absolute atomic E-state index is 0.00449. The van der Waals surface area contributed by atoms with Gasteiger partial charge in [0.25, 0.3) is 0 Å². The Hall–Kier alpha value is -0.630. The van der Waals surface area contributed by atoms with Crippen molar-refractivity contribution in [1.29, 1.82) is 0 Å². The van der Waals surface area contributed by atoms with E-state index >= 15 is 0 Å². The van der Waals surface area contributed by atoms with Crippen molar-refractivity contribution in [1.82, 2.24) is 15.1 Å². The molecule has 1 aliphatic heterocycles. The van der Waals surface area contributed by atoms with Crippen molar-refractivity contribution < 1.29 is 13.2 Å². The van der Waals surface area contributed by atoms with Crippen LogP contribution in [0.15, 0.2) is 6.20 Å². The van der Waals surface area contributed by atoms with Crippen LogP contribution in [-0.2, 0) is 21.1 Å². The summed E-state index contributed by atoms with van der Waals surface area (Å²) in [5, 5.41) is 8.11. The molecule has 120 valence electrons. The molecule has 1 fully saturated rings. The lowest BCUT2D eigenvalue weighted by molar-refractivity contribution is 0.181. The van der Waals surface area contributed by atoms with E-state index in [9.17, 15) is 8.42 Å². The third-order valence-electron chi connectivity index (χ3n) is 3.91. The molecule has 1 aromatic heterocycles. The third kappa shape index (κ3) is 4.18. The van der Waals surface area contributed by atoms with Crippen LogP contribution in [0.2, 0.25) is 5.02 Å². The van der Waals surface area contributed by atoms with Crippen molar-refractivity contribution in [3.63, 3.8) is 0 Å². The van der Waals surface area contributed by atoms with E-state index in [2.05, 4.69) is 10.4 Å². The summed E-state index contributed by atoms with van der Waals surface area (Å²) in [6, 6.07) is -0.00449. The second kappa shape index (κ2) is 7.09. The fraction of sp³-hybridized carbons (Fsp3) is 0.769. The molecule has 2 unspecified atom stereocenters. The first-order valence-electron chi connectivity index (χ1n) is 7.04. The highest BCUT2D eigenvalue weighted by molar-refractivity contribution is 7.91. The van der Waals surface area contributed by atoms with E-state index in [1.54, 1.807) is 13.3 Å². The largest absolute Gasteiger partial charge is 0.383 e. The maximum atomic E-state index is 11.6. The monoisotopic (exact) mass is 335 g/mol. The number of hydrogen-bond acceptors (Lipinski definition) is 5. The molecule has 0 bridgehead atoms. The number of nitrogens with zero attached hydrogens (tertiary/aromatic N) is 2. The number of hydrogen-bond donors (Lipinski definition) is 1. The molecule has 0 aliphatic carbocycles. The van der Waals surface area contributed by atoms with Crippen molar-refractivity contribution in [2.24, 2.45) is 5.92 Å². The first-order valence-corrected chi connectivity index (χ1v) is 9.24. The summed E-state index contributed by atoms with van der Waals surface area (Å²) < 4.78 is 30.1. The van der Waals surface area contributed by atoms with Crippen molar-refractivity contribution in [3.05, 3.63) is 16.9 Å². The molecule has 2 rings (SSSR count). The summed E-state index contributed by atoms with van der Waals surface area (Å²) >= 11 is 6.26. The van der Waals surface area contributed by atoms with Crippen LogP contribution in [0.5, 0.6) is 0 Å². The Morgan fingerprint density at radius 3 is 2.95 bits per heavy atom. The summed E-state index contributed by atoms with van der Waals surface area (Å²) in [5.41, 5.74) is 0.903. The zero-order chi connectivity index (χ0) is 15.5. The minimum Gasteiger partial charge on any atom is -0.383 e. The lowest BCUT2D eigenvalue weighted by atomic mass is 9.97. The molecule has 1 aliphatic rings. The van der Waals surface area contributed by atoms with Gasteiger partial charge in [0.1, 0.15) is 0 Å². The molecule has 1 saturated heterocycles. The molecule has 2 heterocycles. The van der Waals surface area contributed by atoms with Gasteiger partial charge >= 0.3 is 0 Å². The van der Waals surface area contributed by atoms with Gasteiger partial charge in [-0.3, -0.25) is 4.68 Å². The highest BCUT2D eigenvalue weighted by Gasteiger charge is 2.31. The maximum Gasteiger partial charge on any atom is 0.150 e. The number of sulfone groups is 1. The van der Waals surface area contributed by atoms with E-state index in [1.807, 2.05) is 11.7 Å². The summed E-state index contributed by atoms with van der Waals surface area (Å²) in [5.74, 6) is 0.744. The van der Waals surface area contributed by atoms with Gasteiger partial charge in [0.05, 0.1) is 47.6 Å². The molecule has 0 radical (unpaired) electrons. The molecule has 2 atom stereocenters. The Labute approximate surface area is 130 Å². The van der Waals surface area contributed by atoms with Gasteiger partial charge in [-0.25, -0.2) is 8.42 Å². The number of methoxy groups -OCH3 is 1. The number of ether oxygens (including phenoxy) is 1. The zero-order valence-electron chi connectivity index (χ0n) is 12.4. The van der Waals surface area contributed by atoms with Crippen molar-refractivity contribution in [2.45, 2.75) is 25.4 Å². The molecule has 21 heavy (non-hydrogen) atoms. The Bertz CT molecular complexity index is 573. The Balaban J connectivity index is 2.12. The lowest BCUT2D eigenvalue weighted by Crippen LogP contribution is -2.24. The molecule has 1 aromatic rings. The van der Waals surface area contributed by atoms with E-state index < -0.39 is 9.84 Å². The van der Waals surface area contributed by atoms with Gasteiger partial charge in [-0.05, 0) is 25.8 Å². The van der Waals surface area contributed by atoms with Crippen LogP contribution in [0, 0.1) is 5.92 Å². The molecule has 0 amide bonds. The summed E-state index contributed by atoms with van der Waals surface area (Å²) in [6.07, 6.45) is 3.10. The van der Waals surface area contributed by atoms with Crippen LogP contribution in [0.25, 0.3) is 0 Å². The standard InChI is InChI=1S/C13H22ClN3O3S/c1-15-12(7-10-3-6-21(18,19)9-10)13-11(14)8-16-17(13)4-5-20-2/h8,10,12,15H,3-7,9H2,1-2H3. The molecular formula is C13H22ClN3O3S. The summed E-state index contributed by atoms with van der Waals surface area (Å²) in [6.45, 7) is 1.18. The molecule has 0 spiro atoms. The first kappa shape index (κ1) is 16.7. The molecule has 1 N–H and O–H groups in total. The van der Waals surface area contributed by atoms with Gasteiger partial charge in [0.15, 0.2) is 9.84 Å². The predicted molar refractivity (Wildman–Crippen MR) is 82.3 cm³/mol. The Morgan fingerprint density at radius 1 is 1.62 bits per heavy atom. The van der Waals surface area contributed by atoms with Crippen LogP contribution in [0.1, 0.15) is 24.6 Å². The van der Waals surface area contributed by atoms with E-state index in [1.165, 1.54) is 0 Å². The number of halogens is 1. The summed E-state index contributed by atoms with van der Waals surface area (Å²) in [4.78, 5) is 0. The zero-order valence-corrected chi connectivity index (χ0v) is 14.0. The van der Waals surface area contributed by atoms with Crippen LogP contribution in [0.3, 0.4) is 0 Å². The van der Waals surface area contributed by atoms with Gasteiger partial charge in [-0.1, -0.05) is 11.6 Å². The van der Waals surface area contributed by atoms with Crippen LogP contribution < -0.4 is 5.32 Å². The highest BCUT2D eigenvalue weighted by Crippen LogP contribution is 2.31. The van der Waals surface area contributed by atoms with Crippen molar-refractivity contribution in [3.8, 4) is 0 Å². The van der Waals surface area contributed by atoms with Gasteiger partial charge in [0, 0.05) is 7.11 Å². The second-order valence-electron chi connectivity index (χ2n) is 5.44. The van der Waals surface area contributed by atoms with E-state index in [0.717, 1.165) is 18.5 Å². The van der Waals surface area contributed by atoms with Crippen molar-refractivity contribution in [2.75, 3.05) is 32.3 Å². The van der Waals surface area contributed by atoms with Gasteiger partial charge in [-0.2, -0.15) is 5.10 Å². The Kier molecular flexibility index (Phi) is 5.65. The van der Waals surface area contributed by atoms with Crippen molar-refractivity contribution >= 4 is 21.4 Å². The molecular weight excluding hydrogens is 314 g/mol.